The van der Waals surface area contributed by atoms with Crippen LogP contribution in [0.25, 0.3) is 11.3 Å². The van der Waals surface area contributed by atoms with Gasteiger partial charge in [-0.1, -0.05) is 28.1 Å². The van der Waals surface area contributed by atoms with Gasteiger partial charge in [-0.25, -0.2) is 4.98 Å². The molecule has 1 saturated heterocycles. The first kappa shape index (κ1) is 14.0. The Morgan fingerprint density at radius 3 is 2.95 bits per heavy atom. The van der Waals surface area contributed by atoms with Crippen molar-refractivity contribution in [1.29, 1.82) is 0 Å². The molecule has 1 aromatic heterocycles. The first-order valence-corrected chi connectivity index (χ1v) is 9.98. The molecule has 2 aromatic rings. The lowest BCUT2D eigenvalue weighted by Crippen LogP contribution is -2.06. The summed E-state index contributed by atoms with van der Waals surface area (Å²) in [5, 5.41) is 1.88. The SMILES string of the molecule is Cc1sc(C2CSCCS2)nc1-c1cccc(Br)c1. The minimum Gasteiger partial charge on any atom is -0.240 e. The minimum atomic E-state index is 0.586. The van der Waals surface area contributed by atoms with Gasteiger partial charge in [0, 0.05) is 32.2 Å². The predicted octanol–water partition coefficient (Wildman–Crippen LogP) is 5.40. The lowest BCUT2D eigenvalue weighted by Gasteiger charge is -2.18. The zero-order valence-corrected chi connectivity index (χ0v) is 14.6. The Hall–Kier alpha value is 0.0300. The number of aromatic nitrogens is 1. The summed E-state index contributed by atoms with van der Waals surface area (Å²) in [4.78, 5) is 6.23. The molecule has 1 nitrogen and oxygen atoms in total. The highest BCUT2D eigenvalue weighted by molar-refractivity contribution is 9.10. The second-order valence-electron chi connectivity index (χ2n) is 4.40. The van der Waals surface area contributed by atoms with Gasteiger partial charge in [0.25, 0.3) is 0 Å². The molecule has 0 bridgehead atoms. The van der Waals surface area contributed by atoms with Crippen LogP contribution in [0.1, 0.15) is 15.1 Å². The van der Waals surface area contributed by atoms with E-state index in [1.807, 2.05) is 23.1 Å². The number of rotatable bonds is 2. The van der Waals surface area contributed by atoms with Gasteiger partial charge in [0.05, 0.1) is 10.9 Å². The third-order valence-electron chi connectivity index (χ3n) is 3.00. The molecule has 1 fully saturated rings. The van der Waals surface area contributed by atoms with E-state index < -0.39 is 0 Å². The summed E-state index contributed by atoms with van der Waals surface area (Å²) in [6.45, 7) is 2.18. The average molecular weight is 372 g/mol. The third-order valence-corrected chi connectivity index (χ3v) is 7.49. The molecule has 1 aromatic carbocycles. The molecule has 0 aliphatic carbocycles. The molecule has 0 spiro atoms. The van der Waals surface area contributed by atoms with Crippen LogP contribution in [0.4, 0.5) is 0 Å². The van der Waals surface area contributed by atoms with Gasteiger partial charge in [-0.3, -0.25) is 0 Å². The average Bonchev–Trinajstić information content (AvgIpc) is 2.82. The Kier molecular flexibility index (Phi) is 4.57. The van der Waals surface area contributed by atoms with Gasteiger partial charge in [0.15, 0.2) is 0 Å². The van der Waals surface area contributed by atoms with Gasteiger partial charge >= 0.3 is 0 Å². The Bertz CT molecular complexity index is 576. The van der Waals surface area contributed by atoms with E-state index in [2.05, 4.69) is 58.9 Å². The number of thiazole rings is 1. The Morgan fingerprint density at radius 2 is 2.21 bits per heavy atom. The predicted molar refractivity (Wildman–Crippen MR) is 92.5 cm³/mol. The molecule has 0 radical (unpaired) electrons. The molecule has 1 atom stereocenters. The smallest absolute Gasteiger partial charge is 0.107 e. The monoisotopic (exact) mass is 371 g/mol. The minimum absolute atomic E-state index is 0.586. The van der Waals surface area contributed by atoms with Crippen LogP contribution in [0.3, 0.4) is 0 Å². The summed E-state index contributed by atoms with van der Waals surface area (Å²) in [6.07, 6.45) is 0. The van der Waals surface area contributed by atoms with E-state index in [1.165, 1.54) is 32.7 Å². The fourth-order valence-corrected chi connectivity index (χ4v) is 6.42. The number of thioether (sulfide) groups is 2. The lowest BCUT2D eigenvalue weighted by molar-refractivity contribution is 1.06. The number of halogens is 1. The first-order valence-electron chi connectivity index (χ1n) is 6.16. The highest BCUT2D eigenvalue weighted by atomic mass is 79.9. The highest BCUT2D eigenvalue weighted by Crippen LogP contribution is 2.41. The van der Waals surface area contributed by atoms with Crippen LogP contribution in [0.2, 0.25) is 0 Å². The van der Waals surface area contributed by atoms with E-state index in [1.54, 1.807) is 0 Å². The Morgan fingerprint density at radius 1 is 1.32 bits per heavy atom. The normalized spacial score (nSPS) is 19.6. The van der Waals surface area contributed by atoms with Crippen molar-refractivity contribution in [1.82, 2.24) is 4.98 Å². The van der Waals surface area contributed by atoms with E-state index in [0.717, 1.165) is 10.2 Å². The molecular formula is C14H14BrNS3. The maximum Gasteiger partial charge on any atom is 0.107 e. The van der Waals surface area contributed by atoms with Crippen molar-refractivity contribution < 1.29 is 0 Å². The molecule has 100 valence electrons. The molecular weight excluding hydrogens is 358 g/mol. The van der Waals surface area contributed by atoms with Crippen molar-refractivity contribution >= 4 is 50.8 Å². The van der Waals surface area contributed by atoms with Gasteiger partial charge in [-0.15, -0.1) is 23.1 Å². The maximum atomic E-state index is 4.91. The van der Waals surface area contributed by atoms with Crippen molar-refractivity contribution in [2.75, 3.05) is 17.3 Å². The first-order chi connectivity index (χ1) is 9.24. The van der Waals surface area contributed by atoms with Crippen LogP contribution in [0, 0.1) is 6.92 Å². The van der Waals surface area contributed by atoms with Gasteiger partial charge in [0.2, 0.25) is 0 Å². The molecule has 0 saturated carbocycles. The third kappa shape index (κ3) is 3.20. The van der Waals surface area contributed by atoms with Crippen LogP contribution >= 0.6 is 50.8 Å². The maximum absolute atomic E-state index is 4.91. The number of hydrogen-bond acceptors (Lipinski definition) is 4. The summed E-state index contributed by atoms with van der Waals surface area (Å²) in [7, 11) is 0. The van der Waals surface area contributed by atoms with E-state index in [9.17, 15) is 0 Å². The van der Waals surface area contributed by atoms with Gasteiger partial charge < -0.3 is 0 Å². The number of nitrogens with zero attached hydrogens (tertiary/aromatic N) is 1. The van der Waals surface area contributed by atoms with Crippen molar-refractivity contribution in [3.8, 4) is 11.3 Å². The van der Waals surface area contributed by atoms with Crippen LogP contribution in [-0.4, -0.2) is 22.2 Å². The second kappa shape index (κ2) is 6.20. The molecule has 0 amide bonds. The Labute approximate surface area is 134 Å². The molecule has 2 heterocycles. The summed E-state index contributed by atoms with van der Waals surface area (Å²) in [6, 6.07) is 8.41. The molecule has 3 rings (SSSR count). The van der Waals surface area contributed by atoms with Crippen molar-refractivity contribution in [3.63, 3.8) is 0 Å². The molecule has 0 N–H and O–H groups in total. The van der Waals surface area contributed by atoms with Crippen LogP contribution < -0.4 is 0 Å². The van der Waals surface area contributed by atoms with Crippen molar-refractivity contribution in [2.24, 2.45) is 0 Å². The molecule has 1 aliphatic rings. The van der Waals surface area contributed by atoms with Crippen molar-refractivity contribution in [3.05, 3.63) is 38.6 Å². The fraction of sp³-hybridized carbons (Fsp3) is 0.357. The summed E-state index contributed by atoms with van der Waals surface area (Å²) in [5.41, 5.74) is 2.36. The van der Waals surface area contributed by atoms with E-state index >= 15 is 0 Å². The topological polar surface area (TPSA) is 12.9 Å². The van der Waals surface area contributed by atoms with Crippen LogP contribution in [0.15, 0.2) is 28.7 Å². The largest absolute Gasteiger partial charge is 0.240 e. The fourth-order valence-electron chi connectivity index (χ4n) is 2.09. The summed E-state index contributed by atoms with van der Waals surface area (Å²) < 4.78 is 1.11. The molecule has 19 heavy (non-hydrogen) atoms. The van der Waals surface area contributed by atoms with Gasteiger partial charge in [-0.2, -0.15) is 11.8 Å². The molecule has 5 heteroatoms. The lowest BCUT2D eigenvalue weighted by atomic mass is 10.1. The zero-order valence-electron chi connectivity index (χ0n) is 10.6. The van der Waals surface area contributed by atoms with Crippen LogP contribution in [-0.2, 0) is 0 Å². The van der Waals surface area contributed by atoms with E-state index in [-0.39, 0.29) is 0 Å². The van der Waals surface area contributed by atoms with Gasteiger partial charge in [-0.05, 0) is 19.1 Å². The zero-order chi connectivity index (χ0) is 13.2. The second-order valence-corrected chi connectivity index (χ2v) is 9.01. The van der Waals surface area contributed by atoms with E-state index in [4.69, 9.17) is 4.98 Å². The number of aryl methyl sites for hydroxylation is 1. The Balaban J connectivity index is 1.92. The number of benzene rings is 1. The molecule has 1 aliphatic heterocycles. The van der Waals surface area contributed by atoms with Crippen LogP contribution in [0.5, 0.6) is 0 Å². The number of hydrogen-bond donors (Lipinski definition) is 0. The van der Waals surface area contributed by atoms with Gasteiger partial charge in [0.1, 0.15) is 5.01 Å². The highest BCUT2D eigenvalue weighted by Gasteiger charge is 2.21. The summed E-state index contributed by atoms with van der Waals surface area (Å²) >= 11 is 9.50. The standard InChI is InChI=1S/C14H14BrNS3/c1-9-13(10-3-2-4-11(15)7-10)16-14(19-9)12-8-17-5-6-18-12/h2-4,7,12H,5-6,8H2,1H3. The van der Waals surface area contributed by atoms with Crippen molar-refractivity contribution in [2.45, 2.75) is 12.2 Å². The van der Waals surface area contributed by atoms with E-state index in [0.29, 0.717) is 5.25 Å². The quantitative estimate of drug-likeness (QED) is 0.700. The summed E-state index contributed by atoms with van der Waals surface area (Å²) in [5.74, 6) is 3.74. The molecule has 1 unspecified atom stereocenters.